The first-order chi connectivity index (χ1) is 10.6. The van der Waals surface area contributed by atoms with E-state index in [4.69, 9.17) is 4.74 Å². The van der Waals surface area contributed by atoms with Crippen LogP contribution < -0.4 is 10.2 Å². The van der Waals surface area contributed by atoms with Gasteiger partial charge in [-0.05, 0) is 24.3 Å². The van der Waals surface area contributed by atoms with Gasteiger partial charge >= 0.3 is 0 Å². The molecule has 0 aliphatic rings. The van der Waals surface area contributed by atoms with Crippen LogP contribution >= 0.6 is 0 Å². The second-order valence-electron chi connectivity index (χ2n) is 4.25. The van der Waals surface area contributed by atoms with E-state index in [1.165, 1.54) is 19.4 Å². The number of hydrogen-bond donors (Lipinski definition) is 1. The first kappa shape index (κ1) is 15.2. The highest BCUT2D eigenvalue weighted by Gasteiger charge is 2.10. The molecule has 0 aromatic heterocycles. The number of hydrogen-bond acceptors (Lipinski definition) is 5. The monoisotopic (exact) mass is 299 g/mol. The molecule has 0 radical (unpaired) electrons. The molecule has 2 aromatic rings. The zero-order chi connectivity index (χ0) is 15.9. The lowest BCUT2D eigenvalue weighted by Crippen LogP contribution is -2.17. The Morgan fingerprint density at radius 1 is 1.27 bits per heavy atom. The highest BCUT2D eigenvalue weighted by atomic mass is 16.6. The van der Waals surface area contributed by atoms with E-state index in [2.05, 4.69) is 10.5 Å². The number of methoxy groups -OCH3 is 1. The van der Waals surface area contributed by atoms with Crippen molar-refractivity contribution in [2.24, 2.45) is 5.10 Å². The first-order valence-corrected chi connectivity index (χ1v) is 6.32. The number of hydrazone groups is 1. The smallest absolute Gasteiger partial charge is 0.278 e. The van der Waals surface area contributed by atoms with Gasteiger partial charge in [-0.2, -0.15) is 5.10 Å². The summed E-state index contributed by atoms with van der Waals surface area (Å²) in [4.78, 5) is 22.3. The van der Waals surface area contributed by atoms with Gasteiger partial charge in [-0.1, -0.05) is 18.2 Å². The van der Waals surface area contributed by atoms with Crippen molar-refractivity contribution in [2.75, 3.05) is 7.11 Å². The summed E-state index contributed by atoms with van der Waals surface area (Å²) >= 11 is 0. The van der Waals surface area contributed by atoms with Crippen LogP contribution in [0.25, 0.3) is 0 Å². The molecule has 0 aliphatic carbocycles. The van der Waals surface area contributed by atoms with Crippen LogP contribution in [0.15, 0.2) is 53.6 Å². The summed E-state index contributed by atoms with van der Waals surface area (Å²) in [7, 11) is 1.50. The molecule has 0 bridgehead atoms. The number of ether oxygens (including phenoxy) is 1. The maximum Gasteiger partial charge on any atom is 0.278 e. The minimum Gasteiger partial charge on any atom is -0.497 e. The zero-order valence-corrected chi connectivity index (χ0v) is 11.7. The summed E-state index contributed by atoms with van der Waals surface area (Å²) in [6.07, 6.45) is 1.23. The van der Waals surface area contributed by atoms with Gasteiger partial charge in [0, 0.05) is 11.6 Å². The topological polar surface area (TPSA) is 93.8 Å². The molecule has 0 unspecified atom stereocenters. The molecule has 112 valence electrons. The number of nitrogens with zero attached hydrogens (tertiary/aromatic N) is 2. The Morgan fingerprint density at radius 2 is 2.05 bits per heavy atom. The van der Waals surface area contributed by atoms with E-state index < -0.39 is 10.8 Å². The number of nitro groups is 1. The van der Waals surface area contributed by atoms with Crippen molar-refractivity contribution < 1.29 is 14.5 Å². The third-order valence-corrected chi connectivity index (χ3v) is 2.84. The predicted molar refractivity (Wildman–Crippen MR) is 81.2 cm³/mol. The molecule has 0 fully saturated rings. The molecule has 0 atom stereocenters. The molecule has 0 spiro atoms. The molecule has 0 heterocycles. The number of carbonyl (C=O) groups excluding carboxylic acids is 1. The quantitative estimate of drug-likeness (QED) is 0.521. The Hall–Kier alpha value is -3.22. The summed E-state index contributed by atoms with van der Waals surface area (Å²) in [5.74, 6) is 0.115. The van der Waals surface area contributed by atoms with Gasteiger partial charge in [0.05, 0.1) is 23.8 Å². The molecule has 2 rings (SSSR count). The number of para-hydroxylation sites is 1. The Morgan fingerprint density at radius 3 is 2.77 bits per heavy atom. The molecule has 0 saturated carbocycles. The Labute approximate surface area is 126 Å². The molecule has 7 nitrogen and oxygen atoms in total. The molecule has 2 aromatic carbocycles. The lowest BCUT2D eigenvalue weighted by atomic mass is 10.2. The average Bonchev–Trinajstić information content (AvgIpc) is 2.55. The first-order valence-electron chi connectivity index (χ1n) is 6.32. The van der Waals surface area contributed by atoms with Crippen LogP contribution in [0.3, 0.4) is 0 Å². The lowest BCUT2D eigenvalue weighted by Gasteiger charge is -2.03. The molecular weight excluding hydrogens is 286 g/mol. The van der Waals surface area contributed by atoms with Crippen LogP contribution in [0.4, 0.5) is 5.69 Å². The normalized spacial score (nSPS) is 10.4. The molecule has 0 saturated heterocycles. The van der Waals surface area contributed by atoms with Gasteiger partial charge in [0.25, 0.3) is 11.6 Å². The van der Waals surface area contributed by atoms with Gasteiger partial charge in [-0.25, -0.2) is 5.43 Å². The van der Waals surface area contributed by atoms with Gasteiger partial charge in [0.2, 0.25) is 0 Å². The lowest BCUT2D eigenvalue weighted by molar-refractivity contribution is -0.385. The minimum absolute atomic E-state index is 0.0816. The number of benzene rings is 2. The van der Waals surface area contributed by atoms with E-state index in [1.54, 1.807) is 42.5 Å². The van der Waals surface area contributed by atoms with Crippen LogP contribution in [0, 0.1) is 10.1 Å². The van der Waals surface area contributed by atoms with Crippen molar-refractivity contribution in [3.8, 4) is 5.75 Å². The van der Waals surface area contributed by atoms with E-state index >= 15 is 0 Å². The molecular formula is C15H13N3O4. The second kappa shape index (κ2) is 6.98. The number of rotatable bonds is 5. The third-order valence-electron chi connectivity index (χ3n) is 2.84. The van der Waals surface area contributed by atoms with Gasteiger partial charge in [-0.15, -0.1) is 0 Å². The van der Waals surface area contributed by atoms with Gasteiger partial charge in [0.1, 0.15) is 5.75 Å². The van der Waals surface area contributed by atoms with Crippen molar-refractivity contribution in [3.63, 3.8) is 0 Å². The summed E-state index contributed by atoms with van der Waals surface area (Å²) in [6.45, 7) is 0. The van der Waals surface area contributed by atoms with E-state index in [1.807, 2.05) is 0 Å². The van der Waals surface area contributed by atoms with E-state index in [0.717, 1.165) is 0 Å². The van der Waals surface area contributed by atoms with Crippen molar-refractivity contribution >= 4 is 17.8 Å². The maximum atomic E-state index is 11.9. The third kappa shape index (κ3) is 3.66. The summed E-state index contributed by atoms with van der Waals surface area (Å²) in [6, 6.07) is 12.7. The van der Waals surface area contributed by atoms with Crippen molar-refractivity contribution in [1.29, 1.82) is 0 Å². The number of amides is 1. The van der Waals surface area contributed by atoms with E-state index in [0.29, 0.717) is 16.9 Å². The standard InChI is InChI=1S/C15H13N3O4/c1-22-13-7-4-6-11(9-13)15(19)17-16-10-12-5-2-3-8-14(12)18(20)21/h2-10H,1H3,(H,17,19)/b16-10-. The van der Waals surface area contributed by atoms with Crippen molar-refractivity contribution in [3.05, 3.63) is 69.8 Å². The van der Waals surface area contributed by atoms with Crippen LogP contribution in [-0.4, -0.2) is 24.2 Å². The SMILES string of the molecule is COc1cccc(C(=O)N/N=C\c2ccccc2[N+](=O)[O-])c1. The number of nitro benzene ring substituents is 1. The Balaban J connectivity index is 2.09. The van der Waals surface area contributed by atoms with Gasteiger partial charge < -0.3 is 4.74 Å². The fourth-order valence-electron chi connectivity index (χ4n) is 1.75. The number of nitrogens with one attached hydrogen (secondary N) is 1. The van der Waals surface area contributed by atoms with Crippen LogP contribution in [0.2, 0.25) is 0 Å². The molecule has 22 heavy (non-hydrogen) atoms. The average molecular weight is 299 g/mol. The van der Waals surface area contributed by atoms with Crippen LogP contribution in [0.5, 0.6) is 5.75 Å². The summed E-state index contributed by atoms with van der Waals surface area (Å²) < 4.78 is 5.03. The molecule has 7 heteroatoms. The van der Waals surface area contributed by atoms with E-state index in [9.17, 15) is 14.9 Å². The highest BCUT2D eigenvalue weighted by molar-refractivity contribution is 5.95. The largest absolute Gasteiger partial charge is 0.497 e. The Kier molecular flexibility index (Phi) is 4.81. The fraction of sp³-hybridized carbons (Fsp3) is 0.0667. The number of carbonyl (C=O) groups is 1. The van der Waals surface area contributed by atoms with Crippen LogP contribution in [-0.2, 0) is 0 Å². The molecule has 1 N–H and O–H groups in total. The van der Waals surface area contributed by atoms with Gasteiger partial charge in [-0.3, -0.25) is 14.9 Å². The fourth-order valence-corrected chi connectivity index (χ4v) is 1.75. The van der Waals surface area contributed by atoms with Gasteiger partial charge in [0.15, 0.2) is 0 Å². The highest BCUT2D eigenvalue weighted by Crippen LogP contribution is 2.15. The minimum atomic E-state index is -0.509. The molecule has 1 amide bonds. The molecule has 0 aliphatic heterocycles. The van der Waals surface area contributed by atoms with Crippen molar-refractivity contribution in [2.45, 2.75) is 0 Å². The summed E-state index contributed by atoms with van der Waals surface area (Å²) in [5, 5.41) is 14.6. The van der Waals surface area contributed by atoms with Crippen LogP contribution in [0.1, 0.15) is 15.9 Å². The van der Waals surface area contributed by atoms with E-state index in [-0.39, 0.29) is 5.69 Å². The zero-order valence-electron chi connectivity index (χ0n) is 11.7. The Bertz CT molecular complexity index is 728. The second-order valence-corrected chi connectivity index (χ2v) is 4.25. The predicted octanol–water partition coefficient (Wildman–Crippen LogP) is 2.37. The van der Waals surface area contributed by atoms with Crippen molar-refractivity contribution in [1.82, 2.24) is 5.43 Å². The summed E-state index contributed by atoms with van der Waals surface area (Å²) in [5.41, 5.74) is 2.91. The maximum absolute atomic E-state index is 11.9.